The van der Waals surface area contributed by atoms with Gasteiger partial charge in [-0.3, -0.25) is 10.1 Å². The van der Waals surface area contributed by atoms with Gasteiger partial charge < -0.3 is 10.1 Å². The average Bonchev–Trinajstić information content (AvgIpc) is 2.32. The summed E-state index contributed by atoms with van der Waals surface area (Å²) in [6.45, 7) is 4.44. The molecule has 0 unspecified atom stereocenters. The van der Waals surface area contributed by atoms with E-state index in [1.807, 2.05) is 0 Å². The molecule has 0 saturated heterocycles. The Morgan fingerprint density at radius 3 is 2.63 bits per heavy atom. The number of nitrogens with one attached hydrogen (secondary N) is 1. The smallest absolute Gasteiger partial charge is 0.296 e. The van der Waals surface area contributed by atoms with E-state index in [9.17, 15) is 10.1 Å². The van der Waals surface area contributed by atoms with Crippen LogP contribution in [0.3, 0.4) is 0 Å². The van der Waals surface area contributed by atoms with E-state index in [1.165, 1.54) is 13.2 Å². The second-order valence-corrected chi connectivity index (χ2v) is 5.46. The van der Waals surface area contributed by atoms with Gasteiger partial charge in [-0.05, 0) is 36.8 Å². The number of nitro groups is 1. The zero-order valence-electron chi connectivity index (χ0n) is 11.6. The maximum Gasteiger partial charge on any atom is 0.296 e. The predicted molar refractivity (Wildman–Crippen MR) is 74.6 cm³/mol. The number of methoxy groups -OCH3 is 1. The monoisotopic (exact) mass is 264 g/mol. The van der Waals surface area contributed by atoms with Gasteiger partial charge in [-0.15, -0.1) is 0 Å². The Labute approximate surface area is 113 Å². The van der Waals surface area contributed by atoms with Gasteiger partial charge in [-0.25, -0.2) is 0 Å². The van der Waals surface area contributed by atoms with Gasteiger partial charge in [0.2, 0.25) is 0 Å². The van der Waals surface area contributed by atoms with Crippen LogP contribution in [0.5, 0.6) is 5.75 Å². The fraction of sp³-hybridized carbons (Fsp3) is 0.571. The number of hydrogen-bond donors (Lipinski definition) is 1. The summed E-state index contributed by atoms with van der Waals surface area (Å²) in [6.07, 6.45) is 2.17. The molecule has 0 amide bonds. The standard InChI is InChI=1S/C14H20N2O3/c1-9(2)10-6-11(7-10)15-13-5-4-12(19-3)8-14(13)16(17)18/h4-5,8-11,15H,6-7H2,1-3H3. The summed E-state index contributed by atoms with van der Waals surface area (Å²) < 4.78 is 5.02. The van der Waals surface area contributed by atoms with Crippen molar-refractivity contribution < 1.29 is 9.66 Å². The van der Waals surface area contributed by atoms with E-state index in [-0.39, 0.29) is 10.6 Å². The highest BCUT2D eigenvalue weighted by Gasteiger charge is 2.32. The van der Waals surface area contributed by atoms with Gasteiger partial charge in [-0.2, -0.15) is 0 Å². The third-order valence-corrected chi connectivity index (χ3v) is 3.88. The zero-order valence-corrected chi connectivity index (χ0v) is 11.6. The molecule has 1 aromatic rings. The second-order valence-electron chi connectivity index (χ2n) is 5.46. The molecule has 0 heterocycles. The molecule has 104 valence electrons. The lowest BCUT2D eigenvalue weighted by molar-refractivity contribution is -0.384. The molecule has 1 saturated carbocycles. The van der Waals surface area contributed by atoms with Gasteiger partial charge in [0.15, 0.2) is 0 Å². The molecule has 2 rings (SSSR count). The molecule has 19 heavy (non-hydrogen) atoms. The minimum atomic E-state index is -0.372. The number of benzene rings is 1. The number of anilines is 1. The molecule has 1 N–H and O–H groups in total. The molecular formula is C14H20N2O3. The fourth-order valence-corrected chi connectivity index (χ4v) is 2.46. The molecule has 1 fully saturated rings. The Hall–Kier alpha value is -1.78. The van der Waals surface area contributed by atoms with Crippen LogP contribution in [0.25, 0.3) is 0 Å². The van der Waals surface area contributed by atoms with Crippen molar-refractivity contribution >= 4 is 11.4 Å². The van der Waals surface area contributed by atoms with Crippen LogP contribution in [-0.4, -0.2) is 18.1 Å². The molecular weight excluding hydrogens is 244 g/mol. The predicted octanol–water partition coefficient (Wildman–Crippen LogP) is 3.45. The molecule has 1 aromatic carbocycles. The minimum absolute atomic E-state index is 0.0762. The van der Waals surface area contributed by atoms with Gasteiger partial charge in [0, 0.05) is 6.04 Å². The van der Waals surface area contributed by atoms with Gasteiger partial charge in [-0.1, -0.05) is 13.8 Å². The molecule has 0 atom stereocenters. The van der Waals surface area contributed by atoms with Gasteiger partial charge in [0.05, 0.1) is 18.1 Å². The fourth-order valence-electron chi connectivity index (χ4n) is 2.46. The van der Waals surface area contributed by atoms with Crippen LogP contribution in [0.1, 0.15) is 26.7 Å². The number of rotatable bonds is 5. The van der Waals surface area contributed by atoms with E-state index in [0.717, 1.165) is 18.8 Å². The zero-order chi connectivity index (χ0) is 14.0. The highest BCUT2D eigenvalue weighted by atomic mass is 16.6. The maximum atomic E-state index is 11.1. The lowest BCUT2D eigenvalue weighted by Crippen LogP contribution is -2.38. The number of ether oxygens (including phenoxy) is 1. The van der Waals surface area contributed by atoms with Crippen LogP contribution in [-0.2, 0) is 0 Å². The summed E-state index contributed by atoms with van der Waals surface area (Å²) in [6, 6.07) is 5.27. The largest absolute Gasteiger partial charge is 0.496 e. The van der Waals surface area contributed by atoms with Gasteiger partial charge in [0.1, 0.15) is 11.4 Å². The van der Waals surface area contributed by atoms with Crippen LogP contribution < -0.4 is 10.1 Å². The Bertz CT molecular complexity index is 468. The maximum absolute atomic E-state index is 11.1. The highest BCUT2D eigenvalue weighted by molar-refractivity contribution is 5.64. The third-order valence-electron chi connectivity index (χ3n) is 3.88. The number of nitrogens with zero attached hydrogens (tertiary/aromatic N) is 1. The molecule has 0 bridgehead atoms. The first-order chi connectivity index (χ1) is 9.01. The Morgan fingerprint density at radius 1 is 1.42 bits per heavy atom. The molecule has 0 aliphatic heterocycles. The van der Waals surface area contributed by atoms with Crippen molar-refractivity contribution in [2.75, 3.05) is 12.4 Å². The van der Waals surface area contributed by atoms with Crippen molar-refractivity contribution in [1.29, 1.82) is 0 Å². The molecule has 0 spiro atoms. The first-order valence-corrected chi connectivity index (χ1v) is 6.60. The Morgan fingerprint density at radius 2 is 2.11 bits per heavy atom. The molecule has 5 nitrogen and oxygen atoms in total. The summed E-state index contributed by atoms with van der Waals surface area (Å²) in [5, 5.41) is 14.3. The summed E-state index contributed by atoms with van der Waals surface area (Å²) in [5.74, 6) is 1.92. The topological polar surface area (TPSA) is 64.4 Å². The number of nitro benzene ring substituents is 1. The van der Waals surface area contributed by atoms with E-state index in [2.05, 4.69) is 19.2 Å². The molecule has 0 aromatic heterocycles. The summed E-state index contributed by atoms with van der Waals surface area (Å²) >= 11 is 0. The van der Waals surface area contributed by atoms with Gasteiger partial charge in [0.25, 0.3) is 5.69 Å². The van der Waals surface area contributed by atoms with Crippen LogP contribution in [0, 0.1) is 22.0 Å². The third kappa shape index (κ3) is 2.97. The SMILES string of the molecule is COc1ccc(NC2CC(C(C)C)C2)c([N+](=O)[O-])c1. The lowest BCUT2D eigenvalue weighted by Gasteiger charge is -2.38. The van der Waals surface area contributed by atoms with E-state index in [0.29, 0.717) is 23.4 Å². The highest BCUT2D eigenvalue weighted by Crippen LogP contribution is 2.38. The quantitative estimate of drug-likeness (QED) is 0.653. The summed E-state index contributed by atoms with van der Waals surface area (Å²) in [5.41, 5.74) is 0.658. The Balaban J connectivity index is 2.06. The van der Waals surface area contributed by atoms with Crippen molar-refractivity contribution in [2.45, 2.75) is 32.7 Å². The van der Waals surface area contributed by atoms with Crippen LogP contribution in [0.4, 0.5) is 11.4 Å². The second kappa shape index (κ2) is 5.47. The van der Waals surface area contributed by atoms with Crippen molar-refractivity contribution in [1.82, 2.24) is 0 Å². The van der Waals surface area contributed by atoms with E-state index in [4.69, 9.17) is 4.74 Å². The van der Waals surface area contributed by atoms with E-state index in [1.54, 1.807) is 12.1 Å². The first-order valence-electron chi connectivity index (χ1n) is 6.60. The first kappa shape index (κ1) is 13.6. The van der Waals surface area contributed by atoms with Gasteiger partial charge >= 0.3 is 0 Å². The average molecular weight is 264 g/mol. The van der Waals surface area contributed by atoms with Crippen molar-refractivity contribution in [3.63, 3.8) is 0 Å². The van der Waals surface area contributed by atoms with E-state index < -0.39 is 0 Å². The van der Waals surface area contributed by atoms with Crippen LogP contribution >= 0.6 is 0 Å². The lowest BCUT2D eigenvalue weighted by atomic mass is 9.73. The molecule has 1 aliphatic carbocycles. The van der Waals surface area contributed by atoms with Crippen LogP contribution in [0.15, 0.2) is 18.2 Å². The van der Waals surface area contributed by atoms with Crippen molar-refractivity contribution in [2.24, 2.45) is 11.8 Å². The Kier molecular flexibility index (Phi) is 3.93. The van der Waals surface area contributed by atoms with Crippen molar-refractivity contribution in [3.05, 3.63) is 28.3 Å². The van der Waals surface area contributed by atoms with E-state index >= 15 is 0 Å². The molecule has 0 radical (unpaired) electrons. The minimum Gasteiger partial charge on any atom is -0.496 e. The molecule has 5 heteroatoms. The number of hydrogen-bond acceptors (Lipinski definition) is 4. The molecule has 1 aliphatic rings. The summed E-state index contributed by atoms with van der Waals surface area (Å²) in [7, 11) is 1.51. The normalized spacial score (nSPS) is 21.9. The summed E-state index contributed by atoms with van der Waals surface area (Å²) in [4.78, 5) is 10.7. The van der Waals surface area contributed by atoms with Crippen molar-refractivity contribution in [3.8, 4) is 5.75 Å². The van der Waals surface area contributed by atoms with Crippen LogP contribution in [0.2, 0.25) is 0 Å².